The first-order valence-electron chi connectivity index (χ1n) is 9.73. The van der Waals surface area contributed by atoms with E-state index in [1.807, 2.05) is 23.5 Å². The fraction of sp³-hybridized carbons (Fsp3) is 0.429. The summed E-state index contributed by atoms with van der Waals surface area (Å²) in [7, 11) is 0. The summed E-state index contributed by atoms with van der Waals surface area (Å²) in [5, 5.41) is 5.22. The van der Waals surface area contributed by atoms with Gasteiger partial charge in [-0.3, -0.25) is 14.5 Å². The van der Waals surface area contributed by atoms with Crippen molar-refractivity contribution in [3.63, 3.8) is 0 Å². The molecule has 0 radical (unpaired) electrons. The van der Waals surface area contributed by atoms with E-state index < -0.39 is 0 Å². The molecule has 1 atom stereocenters. The average molecular weight is 462 g/mol. The van der Waals surface area contributed by atoms with Crippen LogP contribution in [0.15, 0.2) is 40.2 Å². The summed E-state index contributed by atoms with van der Waals surface area (Å²) in [6, 6.07) is 9.16. The van der Waals surface area contributed by atoms with E-state index in [0.717, 1.165) is 43.4 Å². The van der Waals surface area contributed by atoms with Crippen LogP contribution >= 0.6 is 27.3 Å². The third-order valence-electron chi connectivity index (χ3n) is 5.52. The molecule has 1 aromatic carbocycles. The molecule has 2 amide bonds. The number of carbonyl (C=O) groups excluding carboxylic acids is 2. The monoisotopic (exact) mass is 461 g/mol. The van der Waals surface area contributed by atoms with E-state index in [1.54, 1.807) is 17.0 Å². The fourth-order valence-corrected chi connectivity index (χ4v) is 5.15. The maximum absolute atomic E-state index is 12.8. The lowest BCUT2D eigenvalue weighted by Crippen LogP contribution is -2.47. The predicted octanol–water partition coefficient (Wildman–Crippen LogP) is 3.29. The highest BCUT2D eigenvalue weighted by Crippen LogP contribution is 2.24. The summed E-state index contributed by atoms with van der Waals surface area (Å²) in [4.78, 5) is 31.1. The van der Waals surface area contributed by atoms with Crippen molar-refractivity contribution in [2.24, 2.45) is 0 Å². The van der Waals surface area contributed by atoms with E-state index in [0.29, 0.717) is 18.7 Å². The minimum Gasteiger partial charge on any atom is -0.353 e. The number of nitrogens with zero attached hydrogens (tertiary/aromatic N) is 2. The lowest BCUT2D eigenvalue weighted by Gasteiger charge is -2.28. The number of thiophene rings is 1. The first kappa shape index (κ1) is 19.6. The van der Waals surface area contributed by atoms with Gasteiger partial charge in [0.05, 0.1) is 0 Å². The predicted molar refractivity (Wildman–Crippen MR) is 115 cm³/mol. The topological polar surface area (TPSA) is 52.7 Å². The van der Waals surface area contributed by atoms with E-state index >= 15 is 0 Å². The Morgan fingerprint density at radius 1 is 1.18 bits per heavy atom. The van der Waals surface area contributed by atoms with Gasteiger partial charge in [-0.15, -0.1) is 11.3 Å². The standard InChI is InChI=1S/C21H24BrN3O2S/c22-17-5-3-15(4-6-17)21(27)25-10-1-2-18(25)20(26)23-9-12-24-11-7-19-16(14-24)8-13-28-19/h3-6,8,13,18H,1-2,7,9-12,14H2,(H,23,26). The SMILES string of the molecule is O=C(NCCN1CCc2sccc2C1)C1CCCN1C(=O)c1ccc(Br)cc1. The van der Waals surface area contributed by atoms with Crippen LogP contribution in [0.25, 0.3) is 0 Å². The number of hydrogen-bond acceptors (Lipinski definition) is 4. The summed E-state index contributed by atoms with van der Waals surface area (Å²) < 4.78 is 0.937. The molecule has 2 aliphatic rings. The third-order valence-corrected chi connectivity index (χ3v) is 7.07. The van der Waals surface area contributed by atoms with Crippen LogP contribution in [-0.2, 0) is 17.8 Å². The van der Waals surface area contributed by atoms with Gasteiger partial charge in [-0.05, 0) is 60.5 Å². The molecule has 0 aliphatic carbocycles. The Hall–Kier alpha value is -1.70. The molecular weight excluding hydrogens is 438 g/mol. The zero-order valence-corrected chi connectivity index (χ0v) is 18.1. The van der Waals surface area contributed by atoms with Crippen molar-refractivity contribution in [1.82, 2.24) is 15.1 Å². The van der Waals surface area contributed by atoms with Crippen molar-refractivity contribution in [2.45, 2.75) is 31.8 Å². The Morgan fingerprint density at radius 2 is 2.00 bits per heavy atom. The van der Waals surface area contributed by atoms with Gasteiger partial charge in [0.1, 0.15) is 6.04 Å². The molecule has 1 fully saturated rings. The van der Waals surface area contributed by atoms with Crippen LogP contribution in [0.3, 0.4) is 0 Å². The molecule has 3 heterocycles. The number of nitrogens with one attached hydrogen (secondary N) is 1. The lowest BCUT2D eigenvalue weighted by molar-refractivity contribution is -0.124. The number of likely N-dealkylation sites (tertiary alicyclic amines) is 1. The number of carbonyl (C=O) groups is 2. The minimum atomic E-state index is -0.360. The second-order valence-electron chi connectivity index (χ2n) is 7.35. The summed E-state index contributed by atoms with van der Waals surface area (Å²) >= 11 is 5.23. The lowest BCUT2D eigenvalue weighted by atomic mass is 10.1. The highest BCUT2D eigenvalue weighted by molar-refractivity contribution is 9.10. The molecule has 1 N–H and O–H groups in total. The number of fused-ring (bicyclic) bond motifs is 1. The van der Waals surface area contributed by atoms with Gasteiger partial charge in [-0.2, -0.15) is 0 Å². The van der Waals surface area contributed by atoms with Gasteiger partial charge in [-0.25, -0.2) is 0 Å². The first-order valence-corrected chi connectivity index (χ1v) is 11.4. The van der Waals surface area contributed by atoms with Crippen LogP contribution in [0.1, 0.15) is 33.6 Å². The minimum absolute atomic E-state index is 0.0313. The van der Waals surface area contributed by atoms with E-state index in [1.165, 1.54) is 10.4 Å². The van der Waals surface area contributed by atoms with Crippen molar-refractivity contribution >= 4 is 39.1 Å². The van der Waals surface area contributed by atoms with Crippen LogP contribution in [0.4, 0.5) is 0 Å². The largest absolute Gasteiger partial charge is 0.353 e. The third kappa shape index (κ3) is 4.31. The van der Waals surface area contributed by atoms with Crippen molar-refractivity contribution in [2.75, 3.05) is 26.2 Å². The molecule has 1 saturated heterocycles. The van der Waals surface area contributed by atoms with Crippen LogP contribution < -0.4 is 5.32 Å². The smallest absolute Gasteiger partial charge is 0.254 e. The Kier molecular flexibility index (Phi) is 6.13. The molecular formula is C21H24BrN3O2S. The molecule has 1 unspecified atom stereocenters. The maximum Gasteiger partial charge on any atom is 0.254 e. The fourth-order valence-electron chi connectivity index (χ4n) is 3.99. The summed E-state index contributed by atoms with van der Waals surface area (Å²) in [5.74, 6) is -0.0950. The Labute approximate surface area is 177 Å². The molecule has 28 heavy (non-hydrogen) atoms. The van der Waals surface area contributed by atoms with Gasteiger partial charge in [0.15, 0.2) is 0 Å². The van der Waals surface area contributed by atoms with Gasteiger partial charge < -0.3 is 10.2 Å². The molecule has 0 saturated carbocycles. The normalized spacial score (nSPS) is 19.5. The number of hydrogen-bond donors (Lipinski definition) is 1. The number of rotatable bonds is 5. The number of halogens is 1. The van der Waals surface area contributed by atoms with Crippen molar-refractivity contribution < 1.29 is 9.59 Å². The van der Waals surface area contributed by atoms with Crippen LogP contribution in [0.5, 0.6) is 0 Å². The molecule has 0 spiro atoms. The van der Waals surface area contributed by atoms with Crippen molar-refractivity contribution in [3.8, 4) is 0 Å². The molecule has 5 nitrogen and oxygen atoms in total. The van der Waals surface area contributed by atoms with E-state index in [9.17, 15) is 9.59 Å². The average Bonchev–Trinajstić information content (AvgIpc) is 3.37. The zero-order chi connectivity index (χ0) is 19.5. The van der Waals surface area contributed by atoms with Gasteiger partial charge in [0, 0.05) is 47.6 Å². The molecule has 2 aliphatic heterocycles. The molecule has 0 bridgehead atoms. The molecule has 2 aromatic rings. The second kappa shape index (κ2) is 8.76. The Bertz CT molecular complexity index is 852. The summed E-state index contributed by atoms with van der Waals surface area (Å²) in [6.45, 7) is 4.11. The van der Waals surface area contributed by atoms with Crippen LogP contribution in [0, 0.1) is 0 Å². The van der Waals surface area contributed by atoms with Crippen LogP contribution in [-0.4, -0.2) is 53.8 Å². The van der Waals surface area contributed by atoms with Gasteiger partial charge in [0.2, 0.25) is 5.91 Å². The number of benzene rings is 1. The van der Waals surface area contributed by atoms with Crippen molar-refractivity contribution in [3.05, 3.63) is 56.2 Å². The van der Waals surface area contributed by atoms with Crippen molar-refractivity contribution in [1.29, 1.82) is 0 Å². The first-order chi connectivity index (χ1) is 13.6. The Balaban J connectivity index is 1.29. The quantitative estimate of drug-likeness (QED) is 0.742. The highest BCUT2D eigenvalue weighted by atomic mass is 79.9. The maximum atomic E-state index is 12.8. The molecule has 1 aromatic heterocycles. The molecule has 148 valence electrons. The van der Waals surface area contributed by atoms with E-state index in [2.05, 4.69) is 37.6 Å². The molecule has 7 heteroatoms. The van der Waals surface area contributed by atoms with E-state index in [4.69, 9.17) is 0 Å². The highest BCUT2D eigenvalue weighted by Gasteiger charge is 2.34. The second-order valence-corrected chi connectivity index (χ2v) is 9.27. The molecule has 4 rings (SSSR count). The van der Waals surface area contributed by atoms with E-state index in [-0.39, 0.29) is 17.9 Å². The summed E-state index contributed by atoms with van der Waals surface area (Å²) in [5.41, 5.74) is 2.05. The van der Waals surface area contributed by atoms with Gasteiger partial charge >= 0.3 is 0 Å². The zero-order valence-electron chi connectivity index (χ0n) is 15.7. The summed E-state index contributed by atoms with van der Waals surface area (Å²) in [6.07, 6.45) is 2.70. The van der Waals surface area contributed by atoms with Gasteiger partial charge in [0.25, 0.3) is 5.91 Å². The Morgan fingerprint density at radius 3 is 2.82 bits per heavy atom. The van der Waals surface area contributed by atoms with Gasteiger partial charge in [-0.1, -0.05) is 15.9 Å². The number of amides is 2. The van der Waals surface area contributed by atoms with Crippen LogP contribution in [0.2, 0.25) is 0 Å².